The van der Waals surface area contributed by atoms with Crippen molar-refractivity contribution in [2.75, 3.05) is 7.11 Å². The highest BCUT2D eigenvalue weighted by molar-refractivity contribution is 6.11. The molecule has 2 N–H and O–H groups in total. The van der Waals surface area contributed by atoms with E-state index in [0.29, 0.717) is 11.3 Å². The van der Waals surface area contributed by atoms with E-state index in [2.05, 4.69) is 4.98 Å². The van der Waals surface area contributed by atoms with Crippen LogP contribution < -0.4 is 10.5 Å². The molecule has 88 valence electrons. The highest BCUT2D eigenvalue weighted by atomic mass is 16.5. The van der Waals surface area contributed by atoms with Crippen molar-refractivity contribution in [1.29, 1.82) is 0 Å². The molecule has 17 heavy (non-hydrogen) atoms. The Hall–Kier alpha value is -1.94. The second kappa shape index (κ2) is 4.51. The Morgan fingerprint density at radius 2 is 2.12 bits per heavy atom. The van der Waals surface area contributed by atoms with Gasteiger partial charge in [-0.05, 0) is 13.0 Å². The summed E-state index contributed by atoms with van der Waals surface area (Å²) in [5.41, 5.74) is 6.93. The number of Topliss-reactive ketones (excluding diaryl/α,β-unsaturated/α-hetero) is 1. The number of nitrogens with two attached hydrogens (primary N) is 1. The van der Waals surface area contributed by atoms with Crippen LogP contribution in [0.2, 0.25) is 0 Å². The Labute approximate surface area is 99.4 Å². The zero-order valence-corrected chi connectivity index (χ0v) is 9.81. The van der Waals surface area contributed by atoms with Gasteiger partial charge in [-0.25, -0.2) is 0 Å². The first kappa shape index (κ1) is 11.5. The molecular formula is C13H14N2O2. The van der Waals surface area contributed by atoms with Crippen molar-refractivity contribution in [3.63, 3.8) is 0 Å². The third kappa shape index (κ3) is 1.99. The Morgan fingerprint density at radius 3 is 2.76 bits per heavy atom. The van der Waals surface area contributed by atoms with Crippen LogP contribution in [0.25, 0.3) is 10.9 Å². The molecule has 0 amide bonds. The number of rotatable bonds is 3. The van der Waals surface area contributed by atoms with E-state index in [-0.39, 0.29) is 5.78 Å². The van der Waals surface area contributed by atoms with E-state index >= 15 is 0 Å². The lowest BCUT2D eigenvalue weighted by Crippen LogP contribution is -2.27. The summed E-state index contributed by atoms with van der Waals surface area (Å²) in [4.78, 5) is 16.3. The number of carbonyl (C=O) groups excluding carboxylic acids is 1. The third-order valence-electron chi connectivity index (χ3n) is 2.62. The number of hydrogen-bond acceptors (Lipinski definition) is 4. The van der Waals surface area contributed by atoms with Crippen molar-refractivity contribution in [2.45, 2.75) is 13.0 Å². The Balaban J connectivity index is 2.76. The molecule has 1 heterocycles. The number of pyridine rings is 1. The first-order chi connectivity index (χ1) is 8.15. The highest BCUT2D eigenvalue weighted by Gasteiger charge is 2.19. The van der Waals surface area contributed by atoms with Crippen LogP contribution in [0.15, 0.2) is 30.5 Å². The van der Waals surface area contributed by atoms with Gasteiger partial charge in [0.25, 0.3) is 0 Å². The van der Waals surface area contributed by atoms with Gasteiger partial charge in [0.15, 0.2) is 5.78 Å². The molecule has 2 rings (SSSR count). The second-order valence-corrected chi connectivity index (χ2v) is 3.87. The molecule has 1 atom stereocenters. The minimum atomic E-state index is -0.560. The minimum absolute atomic E-state index is 0.138. The molecule has 0 aliphatic carbocycles. The van der Waals surface area contributed by atoms with Gasteiger partial charge < -0.3 is 10.5 Å². The standard InChI is InChI=1S/C13H14N2O2/c1-8(14)13(16)12-9-5-3-4-6-10(9)15-7-11(12)17-2/h3-8H,14H2,1-2H3. The molecule has 1 unspecified atom stereocenters. The van der Waals surface area contributed by atoms with Crippen molar-refractivity contribution in [3.05, 3.63) is 36.0 Å². The number of ether oxygens (including phenoxy) is 1. The number of aromatic nitrogens is 1. The van der Waals surface area contributed by atoms with Crippen molar-refractivity contribution < 1.29 is 9.53 Å². The van der Waals surface area contributed by atoms with Crippen molar-refractivity contribution >= 4 is 16.7 Å². The normalized spacial score (nSPS) is 12.4. The predicted octanol–water partition coefficient (Wildman–Crippen LogP) is 1.77. The molecule has 1 aromatic heterocycles. The Morgan fingerprint density at radius 1 is 1.41 bits per heavy atom. The maximum atomic E-state index is 12.1. The third-order valence-corrected chi connectivity index (χ3v) is 2.62. The quantitative estimate of drug-likeness (QED) is 0.816. The minimum Gasteiger partial charge on any atom is -0.494 e. The lowest BCUT2D eigenvalue weighted by molar-refractivity contribution is 0.0966. The fraction of sp³-hybridized carbons (Fsp3) is 0.231. The molecule has 0 aliphatic heterocycles. The number of hydrogen-bond donors (Lipinski definition) is 1. The highest BCUT2D eigenvalue weighted by Crippen LogP contribution is 2.26. The van der Waals surface area contributed by atoms with Crippen LogP contribution in [-0.2, 0) is 0 Å². The molecule has 0 radical (unpaired) electrons. The largest absolute Gasteiger partial charge is 0.494 e. The SMILES string of the molecule is COc1cnc2ccccc2c1C(=O)C(C)N. The predicted molar refractivity (Wildman–Crippen MR) is 66.3 cm³/mol. The number of methoxy groups -OCH3 is 1. The summed E-state index contributed by atoms with van der Waals surface area (Å²) < 4.78 is 5.19. The average molecular weight is 230 g/mol. The number of para-hydroxylation sites is 1. The first-order valence-electron chi connectivity index (χ1n) is 5.36. The maximum Gasteiger partial charge on any atom is 0.183 e. The van der Waals surface area contributed by atoms with Crippen LogP contribution in [0, 0.1) is 0 Å². The van der Waals surface area contributed by atoms with Gasteiger partial charge in [0, 0.05) is 5.39 Å². The van der Waals surface area contributed by atoms with E-state index in [1.54, 1.807) is 13.1 Å². The lowest BCUT2D eigenvalue weighted by Gasteiger charge is -2.12. The fourth-order valence-corrected chi connectivity index (χ4v) is 1.76. The molecule has 2 aromatic rings. The maximum absolute atomic E-state index is 12.1. The van der Waals surface area contributed by atoms with Crippen LogP contribution in [-0.4, -0.2) is 23.9 Å². The number of ketones is 1. The van der Waals surface area contributed by atoms with Gasteiger partial charge in [-0.3, -0.25) is 9.78 Å². The lowest BCUT2D eigenvalue weighted by atomic mass is 10.0. The number of carbonyl (C=O) groups is 1. The molecule has 0 fully saturated rings. The number of benzene rings is 1. The summed E-state index contributed by atoms with van der Waals surface area (Å²) in [5.74, 6) is 0.325. The van der Waals surface area contributed by atoms with Crippen LogP contribution >= 0.6 is 0 Å². The van der Waals surface area contributed by atoms with Gasteiger partial charge in [0.05, 0.1) is 30.4 Å². The van der Waals surface area contributed by atoms with Gasteiger partial charge >= 0.3 is 0 Å². The molecule has 4 heteroatoms. The Bertz CT molecular complexity index is 564. The Kier molecular flexibility index (Phi) is 3.06. The average Bonchev–Trinajstić information content (AvgIpc) is 2.36. The summed E-state index contributed by atoms with van der Waals surface area (Å²) in [6.45, 7) is 1.66. The van der Waals surface area contributed by atoms with Gasteiger partial charge in [-0.2, -0.15) is 0 Å². The van der Waals surface area contributed by atoms with E-state index in [9.17, 15) is 4.79 Å². The smallest absolute Gasteiger partial charge is 0.183 e. The second-order valence-electron chi connectivity index (χ2n) is 3.87. The van der Waals surface area contributed by atoms with Crippen LogP contribution in [0.4, 0.5) is 0 Å². The summed E-state index contributed by atoms with van der Waals surface area (Å²) in [5, 5.41) is 0.772. The summed E-state index contributed by atoms with van der Waals surface area (Å²) >= 11 is 0. The zero-order valence-electron chi connectivity index (χ0n) is 9.81. The molecule has 4 nitrogen and oxygen atoms in total. The summed E-state index contributed by atoms with van der Waals surface area (Å²) in [7, 11) is 1.52. The molecule has 1 aromatic carbocycles. The molecular weight excluding hydrogens is 216 g/mol. The molecule has 0 aliphatic rings. The van der Waals surface area contributed by atoms with Crippen LogP contribution in [0.5, 0.6) is 5.75 Å². The van der Waals surface area contributed by atoms with Gasteiger partial charge in [-0.1, -0.05) is 18.2 Å². The van der Waals surface area contributed by atoms with Crippen LogP contribution in [0.1, 0.15) is 17.3 Å². The van der Waals surface area contributed by atoms with E-state index in [1.807, 2.05) is 24.3 Å². The van der Waals surface area contributed by atoms with E-state index in [1.165, 1.54) is 7.11 Å². The topological polar surface area (TPSA) is 65.2 Å². The zero-order chi connectivity index (χ0) is 12.4. The molecule has 0 bridgehead atoms. The van der Waals surface area contributed by atoms with Gasteiger partial charge in [-0.15, -0.1) is 0 Å². The van der Waals surface area contributed by atoms with Crippen molar-refractivity contribution in [3.8, 4) is 5.75 Å². The van der Waals surface area contributed by atoms with Gasteiger partial charge in [0.2, 0.25) is 0 Å². The number of nitrogens with zero attached hydrogens (tertiary/aromatic N) is 1. The van der Waals surface area contributed by atoms with E-state index in [4.69, 9.17) is 10.5 Å². The fourth-order valence-electron chi connectivity index (χ4n) is 1.76. The summed E-state index contributed by atoms with van der Waals surface area (Å²) in [6, 6.07) is 6.88. The van der Waals surface area contributed by atoms with E-state index < -0.39 is 6.04 Å². The van der Waals surface area contributed by atoms with E-state index in [0.717, 1.165) is 10.9 Å². The molecule has 0 spiro atoms. The van der Waals surface area contributed by atoms with Gasteiger partial charge in [0.1, 0.15) is 5.75 Å². The summed E-state index contributed by atoms with van der Waals surface area (Å²) in [6.07, 6.45) is 1.55. The van der Waals surface area contributed by atoms with Crippen molar-refractivity contribution in [1.82, 2.24) is 4.98 Å². The van der Waals surface area contributed by atoms with Crippen molar-refractivity contribution in [2.24, 2.45) is 5.73 Å². The number of fused-ring (bicyclic) bond motifs is 1. The van der Waals surface area contributed by atoms with Crippen LogP contribution in [0.3, 0.4) is 0 Å². The molecule has 0 saturated heterocycles. The first-order valence-corrected chi connectivity index (χ1v) is 5.36. The molecule has 0 saturated carbocycles. The monoisotopic (exact) mass is 230 g/mol.